The van der Waals surface area contributed by atoms with Crippen molar-refractivity contribution < 1.29 is 14.7 Å². The minimum absolute atomic E-state index is 0.190. The minimum atomic E-state index is -0.813. The Morgan fingerprint density at radius 3 is 2.68 bits per heavy atom. The number of nitrogens with zero attached hydrogens (tertiary/aromatic N) is 1. The largest absolute Gasteiger partial charge is 0.481 e. The fourth-order valence-corrected chi connectivity index (χ4v) is 2.68. The molecule has 3 rings (SSSR count). The molecule has 19 heavy (non-hydrogen) atoms. The van der Waals surface area contributed by atoms with Gasteiger partial charge in [-0.2, -0.15) is 0 Å². The Morgan fingerprint density at radius 1 is 1.47 bits per heavy atom. The number of carbonyl (C=O) groups is 2. The van der Waals surface area contributed by atoms with Crippen molar-refractivity contribution in [1.29, 1.82) is 0 Å². The van der Waals surface area contributed by atoms with Crippen LogP contribution in [0, 0.1) is 5.41 Å². The molecular formula is C13H15BrN2O3. The molecule has 1 aromatic rings. The van der Waals surface area contributed by atoms with Crippen LogP contribution >= 0.6 is 15.9 Å². The standard InChI is InChI=1S/C13H15BrN2O3/c14-8-5-10(16(6-8)9-1-2-9)11(17)15-7-13(3-4-13)12(18)19/h5-6,9H,1-4,7H2,(H,15,17)(H,18,19). The average Bonchev–Trinajstić information content (AvgIpc) is 3.25. The van der Waals surface area contributed by atoms with E-state index in [4.69, 9.17) is 5.11 Å². The molecule has 1 aromatic heterocycles. The van der Waals surface area contributed by atoms with E-state index in [-0.39, 0.29) is 12.5 Å². The van der Waals surface area contributed by atoms with Gasteiger partial charge in [0.2, 0.25) is 0 Å². The molecule has 0 bridgehead atoms. The van der Waals surface area contributed by atoms with Crippen molar-refractivity contribution in [2.45, 2.75) is 31.7 Å². The van der Waals surface area contributed by atoms with E-state index in [0.717, 1.165) is 17.3 Å². The molecule has 0 spiro atoms. The molecule has 0 unspecified atom stereocenters. The van der Waals surface area contributed by atoms with E-state index in [1.54, 1.807) is 6.07 Å². The number of carbonyl (C=O) groups excluding carboxylic acids is 1. The van der Waals surface area contributed by atoms with E-state index in [1.807, 2.05) is 10.8 Å². The lowest BCUT2D eigenvalue weighted by molar-refractivity contribution is -0.143. The van der Waals surface area contributed by atoms with E-state index in [2.05, 4.69) is 21.2 Å². The number of nitrogens with one attached hydrogen (secondary N) is 1. The highest BCUT2D eigenvalue weighted by Crippen LogP contribution is 2.45. The summed E-state index contributed by atoms with van der Waals surface area (Å²) in [5, 5.41) is 11.8. The van der Waals surface area contributed by atoms with E-state index in [0.29, 0.717) is 24.6 Å². The number of rotatable bonds is 5. The second-order valence-electron chi connectivity index (χ2n) is 5.45. The Hall–Kier alpha value is -1.30. The second-order valence-corrected chi connectivity index (χ2v) is 6.37. The molecule has 0 saturated heterocycles. The SMILES string of the molecule is O=C(NCC1(C(=O)O)CC1)c1cc(Br)cn1C1CC1. The molecule has 6 heteroatoms. The third kappa shape index (κ3) is 2.41. The maximum absolute atomic E-state index is 12.2. The van der Waals surface area contributed by atoms with Crippen molar-refractivity contribution in [1.82, 2.24) is 9.88 Å². The maximum Gasteiger partial charge on any atom is 0.311 e. The van der Waals surface area contributed by atoms with Crippen molar-refractivity contribution in [3.05, 3.63) is 22.4 Å². The number of amides is 1. The van der Waals surface area contributed by atoms with Gasteiger partial charge in [0.15, 0.2) is 0 Å². The van der Waals surface area contributed by atoms with Gasteiger partial charge in [-0.05, 0) is 47.7 Å². The summed E-state index contributed by atoms with van der Waals surface area (Å²) in [6.07, 6.45) is 5.41. The zero-order valence-electron chi connectivity index (χ0n) is 10.4. The van der Waals surface area contributed by atoms with Gasteiger partial charge >= 0.3 is 5.97 Å². The molecule has 2 saturated carbocycles. The van der Waals surface area contributed by atoms with Gasteiger partial charge in [-0.25, -0.2) is 0 Å². The first-order chi connectivity index (χ1) is 9.02. The van der Waals surface area contributed by atoms with Gasteiger partial charge in [0, 0.05) is 23.3 Å². The molecule has 1 amide bonds. The van der Waals surface area contributed by atoms with E-state index in [9.17, 15) is 9.59 Å². The summed E-state index contributed by atoms with van der Waals surface area (Å²) in [5.74, 6) is -1.00. The number of carboxylic acid groups (broad SMARTS) is 1. The topological polar surface area (TPSA) is 71.3 Å². The van der Waals surface area contributed by atoms with Crippen LogP contribution in [0.15, 0.2) is 16.7 Å². The lowest BCUT2D eigenvalue weighted by atomic mass is 10.1. The second kappa shape index (κ2) is 4.37. The number of aromatic nitrogens is 1. The van der Waals surface area contributed by atoms with Gasteiger partial charge in [-0.15, -0.1) is 0 Å². The molecule has 2 aliphatic rings. The third-order valence-electron chi connectivity index (χ3n) is 3.88. The molecule has 2 aliphatic carbocycles. The molecule has 0 aliphatic heterocycles. The van der Waals surface area contributed by atoms with Crippen LogP contribution in [-0.2, 0) is 4.79 Å². The fourth-order valence-electron chi connectivity index (χ4n) is 2.24. The van der Waals surface area contributed by atoms with E-state index in [1.165, 1.54) is 0 Å². The van der Waals surface area contributed by atoms with Crippen molar-refractivity contribution in [3.63, 3.8) is 0 Å². The smallest absolute Gasteiger partial charge is 0.311 e. The maximum atomic E-state index is 12.2. The number of aliphatic carboxylic acids is 1. The molecule has 1 heterocycles. The first-order valence-corrected chi connectivity index (χ1v) is 7.20. The van der Waals surface area contributed by atoms with Crippen molar-refractivity contribution >= 4 is 27.8 Å². The molecule has 2 fully saturated rings. The zero-order valence-corrected chi connectivity index (χ0v) is 11.9. The van der Waals surface area contributed by atoms with Gasteiger partial charge < -0.3 is 15.0 Å². The van der Waals surface area contributed by atoms with Crippen molar-refractivity contribution in [2.24, 2.45) is 5.41 Å². The first kappa shape index (κ1) is 12.7. The molecular weight excluding hydrogens is 312 g/mol. The normalized spacial score (nSPS) is 20.1. The average molecular weight is 327 g/mol. The Labute approximate surface area is 119 Å². The van der Waals surface area contributed by atoms with Crippen LogP contribution in [0.3, 0.4) is 0 Å². The Balaban J connectivity index is 1.69. The highest BCUT2D eigenvalue weighted by Gasteiger charge is 2.50. The van der Waals surface area contributed by atoms with Crippen LogP contribution in [0.2, 0.25) is 0 Å². The molecule has 2 N–H and O–H groups in total. The van der Waals surface area contributed by atoms with E-state index < -0.39 is 11.4 Å². The van der Waals surface area contributed by atoms with Crippen LogP contribution in [0.25, 0.3) is 0 Å². The first-order valence-electron chi connectivity index (χ1n) is 6.41. The molecule has 0 radical (unpaired) electrons. The highest BCUT2D eigenvalue weighted by molar-refractivity contribution is 9.10. The van der Waals surface area contributed by atoms with Crippen LogP contribution in [0.4, 0.5) is 0 Å². The Morgan fingerprint density at radius 2 is 2.16 bits per heavy atom. The Bertz CT molecular complexity index is 544. The number of hydrogen-bond donors (Lipinski definition) is 2. The highest BCUT2D eigenvalue weighted by atomic mass is 79.9. The van der Waals surface area contributed by atoms with E-state index >= 15 is 0 Å². The monoisotopic (exact) mass is 326 g/mol. The van der Waals surface area contributed by atoms with Gasteiger partial charge in [0.1, 0.15) is 5.69 Å². The van der Waals surface area contributed by atoms with Gasteiger partial charge in [-0.3, -0.25) is 9.59 Å². The summed E-state index contributed by atoms with van der Waals surface area (Å²) in [4.78, 5) is 23.2. The van der Waals surface area contributed by atoms with Crippen molar-refractivity contribution in [3.8, 4) is 0 Å². The van der Waals surface area contributed by atoms with Crippen molar-refractivity contribution in [2.75, 3.05) is 6.54 Å². The predicted molar refractivity (Wildman–Crippen MR) is 72.0 cm³/mol. The number of carboxylic acids is 1. The number of halogens is 1. The third-order valence-corrected chi connectivity index (χ3v) is 4.32. The molecule has 102 valence electrons. The molecule has 5 nitrogen and oxygen atoms in total. The summed E-state index contributed by atoms with van der Waals surface area (Å²) >= 11 is 3.38. The summed E-state index contributed by atoms with van der Waals surface area (Å²) in [6, 6.07) is 2.20. The Kier molecular flexibility index (Phi) is 2.92. The molecule has 0 aromatic carbocycles. The summed E-state index contributed by atoms with van der Waals surface area (Å²) in [6.45, 7) is 0.217. The lowest BCUT2D eigenvalue weighted by Gasteiger charge is -2.12. The van der Waals surface area contributed by atoms with Crippen LogP contribution < -0.4 is 5.32 Å². The van der Waals surface area contributed by atoms with Gasteiger partial charge in [0.25, 0.3) is 5.91 Å². The zero-order chi connectivity index (χ0) is 13.6. The quantitative estimate of drug-likeness (QED) is 0.871. The minimum Gasteiger partial charge on any atom is -0.481 e. The summed E-state index contributed by atoms with van der Waals surface area (Å²) in [5.41, 5.74) is -0.111. The van der Waals surface area contributed by atoms with Crippen LogP contribution in [-0.4, -0.2) is 28.1 Å². The fraction of sp³-hybridized carbons (Fsp3) is 0.538. The van der Waals surface area contributed by atoms with Crippen LogP contribution in [0.1, 0.15) is 42.2 Å². The summed E-state index contributed by atoms with van der Waals surface area (Å²) in [7, 11) is 0. The molecule has 0 atom stereocenters. The van der Waals surface area contributed by atoms with Gasteiger partial charge in [-0.1, -0.05) is 0 Å². The lowest BCUT2D eigenvalue weighted by Crippen LogP contribution is -2.35. The van der Waals surface area contributed by atoms with Crippen LogP contribution in [0.5, 0.6) is 0 Å². The predicted octanol–water partition coefficient (Wildman–Crippen LogP) is 2.18. The number of hydrogen-bond acceptors (Lipinski definition) is 2. The summed E-state index contributed by atoms with van der Waals surface area (Å²) < 4.78 is 2.85. The van der Waals surface area contributed by atoms with Gasteiger partial charge in [0.05, 0.1) is 5.41 Å².